The summed E-state index contributed by atoms with van der Waals surface area (Å²) >= 11 is 0. The molecule has 0 radical (unpaired) electrons. The van der Waals surface area contributed by atoms with Crippen molar-refractivity contribution in [2.45, 2.75) is 90.3 Å². The number of hydrogen-bond donors (Lipinski definition) is 1. The van der Waals surface area contributed by atoms with Crippen molar-refractivity contribution >= 4 is 12.3 Å². The molecule has 0 aliphatic heterocycles. The molecule has 0 saturated heterocycles. The Balaban J connectivity index is 1.93. The molecule has 158 valence electrons. The van der Waals surface area contributed by atoms with E-state index in [9.17, 15) is 9.59 Å². The molecule has 27 heavy (non-hydrogen) atoms. The zero-order valence-electron chi connectivity index (χ0n) is 16.8. The van der Waals surface area contributed by atoms with E-state index in [0.717, 1.165) is 18.8 Å². The van der Waals surface area contributed by atoms with Crippen LogP contribution in [0.1, 0.15) is 78.1 Å². The number of rotatable bonds is 13. The van der Waals surface area contributed by atoms with Crippen LogP contribution in [0.5, 0.6) is 0 Å². The Hall–Kier alpha value is -1.50. The zero-order chi connectivity index (χ0) is 19.9. The lowest BCUT2D eigenvalue weighted by Crippen LogP contribution is -2.31. The van der Waals surface area contributed by atoms with E-state index >= 15 is 0 Å². The number of carbonyl (C=O) groups is 2. The third-order valence-electron chi connectivity index (χ3n) is 4.63. The van der Waals surface area contributed by atoms with Gasteiger partial charge in [0.1, 0.15) is 18.8 Å². The van der Waals surface area contributed by atoms with Crippen molar-refractivity contribution in [3.63, 3.8) is 0 Å². The quantitative estimate of drug-likeness (QED) is 0.344. The van der Waals surface area contributed by atoms with E-state index in [1.807, 2.05) is 0 Å². The monoisotopic (exact) mass is 388 g/mol. The van der Waals surface area contributed by atoms with Gasteiger partial charge >= 0.3 is 12.3 Å². The number of hydrogen-bond acceptors (Lipinski definition) is 6. The molecule has 1 aliphatic rings. The summed E-state index contributed by atoms with van der Waals surface area (Å²) in [6.45, 7) is 5.71. The maximum absolute atomic E-state index is 11.7. The van der Waals surface area contributed by atoms with E-state index < -0.39 is 18.4 Å². The van der Waals surface area contributed by atoms with Crippen LogP contribution in [0, 0.1) is 5.92 Å². The minimum Gasteiger partial charge on any atom is -0.450 e. The predicted molar refractivity (Wildman–Crippen MR) is 101 cm³/mol. The molecule has 1 N–H and O–H groups in total. The lowest BCUT2D eigenvalue weighted by molar-refractivity contribution is -0.0330. The second kappa shape index (κ2) is 14.5. The Labute approximate surface area is 162 Å². The fourth-order valence-electron chi connectivity index (χ4n) is 3.20. The topological polar surface area (TPSA) is 91.3 Å². The van der Waals surface area contributed by atoms with Gasteiger partial charge in [-0.05, 0) is 31.6 Å². The molecule has 2 atom stereocenters. The van der Waals surface area contributed by atoms with Crippen LogP contribution in [0.3, 0.4) is 0 Å². The highest BCUT2D eigenvalue weighted by atomic mass is 16.7. The molecule has 1 fully saturated rings. The summed E-state index contributed by atoms with van der Waals surface area (Å²) in [5.41, 5.74) is 0. The molecule has 0 spiro atoms. The van der Waals surface area contributed by atoms with Crippen LogP contribution in [-0.4, -0.2) is 49.4 Å². The van der Waals surface area contributed by atoms with Crippen molar-refractivity contribution in [2.75, 3.05) is 19.8 Å². The van der Waals surface area contributed by atoms with Crippen LogP contribution in [0.4, 0.5) is 9.59 Å². The summed E-state index contributed by atoms with van der Waals surface area (Å²) in [6, 6.07) is 0. The number of unbranched alkanes of at least 4 members (excludes halogenated alkanes) is 4. The summed E-state index contributed by atoms with van der Waals surface area (Å²) in [7, 11) is 0. The van der Waals surface area contributed by atoms with Crippen LogP contribution in [0.2, 0.25) is 0 Å². The second-order valence-corrected chi connectivity index (χ2v) is 7.57. The molecule has 2 unspecified atom stereocenters. The molecule has 0 bridgehead atoms. The van der Waals surface area contributed by atoms with Crippen LogP contribution < -0.4 is 0 Å². The SMILES string of the molecule is CC(C)CCCCCCCOCCOC(=O)OC1CCCC(OC(=O)O)C1. The lowest BCUT2D eigenvalue weighted by atomic mass is 9.95. The van der Waals surface area contributed by atoms with Crippen molar-refractivity contribution < 1.29 is 33.6 Å². The van der Waals surface area contributed by atoms with Crippen LogP contribution in [-0.2, 0) is 18.9 Å². The predicted octanol–water partition coefficient (Wildman–Crippen LogP) is 5.16. The number of ether oxygens (including phenoxy) is 4. The largest absolute Gasteiger partial charge is 0.508 e. The highest BCUT2D eigenvalue weighted by molar-refractivity contribution is 5.60. The first-order chi connectivity index (χ1) is 13.0. The van der Waals surface area contributed by atoms with Crippen molar-refractivity contribution in [3.8, 4) is 0 Å². The highest BCUT2D eigenvalue weighted by Gasteiger charge is 2.27. The fraction of sp³-hybridized carbons (Fsp3) is 0.900. The van der Waals surface area contributed by atoms with Crippen molar-refractivity contribution in [1.29, 1.82) is 0 Å². The Morgan fingerprint density at radius 2 is 1.59 bits per heavy atom. The maximum atomic E-state index is 11.7. The van der Waals surface area contributed by atoms with Gasteiger partial charge in [-0.15, -0.1) is 0 Å². The smallest absolute Gasteiger partial charge is 0.450 e. The Morgan fingerprint density at radius 1 is 0.926 bits per heavy atom. The maximum Gasteiger partial charge on any atom is 0.508 e. The zero-order valence-corrected chi connectivity index (χ0v) is 16.8. The standard InChI is InChI=1S/C20H36O7/c1-16(2)9-6-4-3-5-7-12-24-13-14-25-20(23)27-18-11-8-10-17(15-18)26-19(21)22/h16-18H,3-15H2,1-2H3,(H,21,22). The highest BCUT2D eigenvalue weighted by Crippen LogP contribution is 2.24. The first kappa shape index (κ1) is 23.5. The van der Waals surface area contributed by atoms with Crippen LogP contribution in [0.25, 0.3) is 0 Å². The van der Waals surface area contributed by atoms with Gasteiger partial charge in [0.25, 0.3) is 0 Å². The van der Waals surface area contributed by atoms with Gasteiger partial charge in [0.05, 0.1) is 6.61 Å². The normalized spacial score (nSPS) is 19.7. The van der Waals surface area contributed by atoms with Gasteiger partial charge in [0.2, 0.25) is 0 Å². The fourth-order valence-corrected chi connectivity index (χ4v) is 3.20. The van der Waals surface area contributed by atoms with Gasteiger partial charge in [-0.2, -0.15) is 0 Å². The molecule has 0 amide bonds. The average Bonchev–Trinajstić information content (AvgIpc) is 2.59. The Bertz CT molecular complexity index is 411. The third-order valence-corrected chi connectivity index (χ3v) is 4.63. The van der Waals surface area contributed by atoms with Gasteiger partial charge in [-0.25, -0.2) is 9.59 Å². The minimum atomic E-state index is -1.30. The first-order valence-corrected chi connectivity index (χ1v) is 10.3. The lowest BCUT2D eigenvalue weighted by Gasteiger charge is -2.27. The Kier molecular flexibility index (Phi) is 12.7. The van der Waals surface area contributed by atoms with Gasteiger partial charge in [-0.1, -0.05) is 46.0 Å². The molecule has 0 aromatic heterocycles. The third kappa shape index (κ3) is 13.3. The van der Waals surface area contributed by atoms with E-state index in [2.05, 4.69) is 13.8 Å². The molecule has 0 aromatic carbocycles. The summed E-state index contributed by atoms with van der Waals surface area (Å²) < 4.78 is 20.4. The summed E-state index contributed by atoms with van der Waals surface area (Å²) in [5, 5.41) is 8.64. The molecule has 1 aliphatic carbocycles. The minimum absolute atomic E-state index is 0.162. The molecule has 1 rings (SSSR count). The average molecular weight is 389 g/mol. The van der Waals surface area contributed by atoms with Gasteiger partial charge in [-0.3, -0.25) is 0 Å². The molecule has 0 heterocycles. The molecule has 7 nitrogen and oxygen atoms in total. The van der Waals surface area contributed by atoms with E-state index in [4.69, 9.17) is 24.1 Å². The second-order valence-electron chi connectivity index (χ2n) is 7.57. The van der Waals surface area contributed by atoms with E-state index in [-0.39, 0.29) is 12.7 Å². The number of carboxylic acid groups (broad SMARTS) is 1. The Morgan fingerprint density at radius 3 is 2.30 bits per heavy atom. The summed E-state index contributed by atoms with van der Waals surface area (Å²) in [5.74, 6) is 0.789. The van der Waals surface area contributed by atoms with Gasteiger partial charge in [0, 0.05) is 13.0 Å². The molecular formula is C20H36O7. The number of carbonyl (C=O) groups excluding carboxylic acids is 1. The summed E-state index contributed by atoms with van der Waals surface area (Å²) in [4.78, 5) is 22.2. The molecule has 7 heteroatoms. The van der Waals surface area contributed by atoms with Crippen LogP contribution >= 0.6 is 0 Å². The van der Waals surface area contributed by atoms with E-state index in [1.54, 1.807) is 0 Å². The van der Waals surface area contributed by atoms with Crippen molar-refractivity contribution in [1.82, 2.24) is 0 Å². The molecule has 0 aromatic rings. The first-order valence-electron chi connectivity index (χ1n) is 10.3. The molecular weight excluding hydrogens is 352 g/mol. The van der Waals surface area contributed by atoms with Crippen molar-refractivity contribution in [2.24, 2.45) is 5.92 Å². The van der Waals surface area contributed by atoms with Crippen LogP contribution in [0.15, 0.2) is 0 Å². The van der Waals surface area contributed by atoms with Gasteiger partial charge in [0.15, 0.2) is 0 Å². The van der Waals surface area contributed by atoms with Crippen molar-refractivity contribution in [3.05, 3.63) is 0 Å². The molecule has 1 saturated carbocycles. The van der Waals surface area contributed by atoms with Gasteiger partial charge < -0.3 is 24.1 Å². The van der Waals surface area contributed by atoms with E-state index in [1.165, 1.54) is 32.1 Å². The summed E-state index contributed by atoms with van der Waals surface area (Å²) in [6.07, 6.45) is 7.04. The van der Waals surface area contributed by atoms with E-state index in [0.29, 0.717) is 32.5 Å².